The van der Waals surface area contributed by atoms with Gasteiger partial charge in [0.25, 0.3) is 0 Å². The van der Waals surface area contributed by atoms with Gasteiger partial charge in [0.05, 0.1) is 37.9 Å². The average Bonchev–Trinajstić information content (AvgIpc) is 3.46. The third kappa shape index (κ3) is 9.33. The van der Waals surface area contributed by atoms with E-state index in [0.29, 0.717) is 32.8 Å². The van der Waals surface area contributed by atoms with Crippen LogP contribution in [0.3, 0.4) is 0 Å². The number of hydrogen-bond donors (Lipinski definition) is 2. The second-order valence-corrected chi connectivity index (χ2v) is 13.8. The zero-order chi connectivity index (χ0) is 33.5. The Bertz CT molecular complexity index is 1160. The van der Waals surface area contributed by atoms with Gasteiger partial charge in [-0.25, -0.2) is 9.59 Å². The van der Waals surface area contributed by atoms with E-state index in [1.807, 2.05) is 46.0 Å². The molecule has 2 amide bonds. The number of amides is 2. The number of aliphatic hydroxyl groups excluding tert-OH is 1. The van der Waals surface area contributed by atoms with Crippen LogP contribution in [0.15, 0.2) is 36.0 Å². The highest BCUT2D eigenvalue weighted by Gasteiger charge is 2.50. The van der Waals surface area contributed by atoms with Crippen molar-refractivity contribution in [1.29, 1.82) is 0 Å². The predicted molar refractivity (Wildman–Crippen MR) is 171 cm³/mol. The maximum Gasteiger partial charge on any atom is 0.410 e. The van der Waals surface area contributed by atoms with E-state index in [4.69, 9.17) is 18.9 Å². The molecule has 4 aliphatic rings. The minimum Gasteiger partial charge on any atom is -0.457 e. The lowest BCUT2D eigenvalue weighted by molar-refractivity contribution is -0.151. The van der Waals surface area contributed by atoms with Crippen molar-refractivity contribution in [2.24, 2.45) is 11.8 Å². The summed E-state index contributed by atoms with van der Waals surface area (Å²) in [7, 11) is 2.00. The van der Waals surface area contributed by atoms with Crippen LogP contribution in [0.1, 0.15) is 59.8 Å². The molecule has 3 fully saturated rings. The SMILES string of the molecule is C/C(=C\C=C\[C@@H](C)COC(=O)N1CCCC12COC2)[C@H]1OC(=O)C[C@@H](O)CC[C@](C)(O)[C@@H](OC(=O)N2CCN(C)CC2)/C=C\[C@@H]1C. The molecule has 12 nitrogen and oxygen atoms in total. The molecule has 0 aliphatic carbocycles. The lowest BCUT2D eigenvalue weighted by atomic mass is 9.89. The molecular formula is C34H53N3O9. The van der Waals surface area contributed by atoms with E-state index in [1.54, 1.807) is 28.9 Å². The van der Waals surface area contributed by atoms with Crippen molar-refractivity contribution < 1.29 is 43.5 Å². The maximum atomic E-state index is 13.0. The van der Waals surface area contributed by atoms with Crippen LogP contribution in [0.2, 0.25) is 0 Å². The normalized spacial score (nSPS) is 32.7. The van der Waals surface area contributed by atoms with Gasteiger partial charge in [-0.2, -0.15) is 0 Å². The van der Waals surface area contributed by atoms with Gasteiger partial charge in [0.1, 0.15) is 11.7 Å². The number of hydrogen-bond acceptors (Lipinski definition) is 10. The van der Waals surface area contributed by atoms with Crippen LogP contribution in [0.4, 0.5) is 9.59 Å². The number of aliphatic hydroxyl groups is 2. The first-order chi connectivity index (χ1) is 21.8. The molecule has 6 atom stereocenters. The van der Waals surface area contributed by atoms with Gasteiger partial charge in [-0.3, -0.25) is 9.69 Å². The Morgan fingerprint density at radius 1 is 1.13 bits per heavy atom. The summed E-state index contributed by atoms with van der Waals surface area (Å²) >= 11 is 0. The molecule has 4 rings (SSSR count). The van der Waals surface area contributed by atoms with Gasteiger partial charge < -0.3 is 39.0 Å². The van der Waals surface area contributed by atoms with Crippen molar-refractivity contribution in [3.05, 3.63) is 36.0 Å². The van der Waals surface area contributed by atoms with Crippen molar-refractivity contribution in [3.8, 4) is 0 Å². The molecule has 0 bridgehead atoms. The third-order valence-corrected chi connectivity index (χ3v) is 9.59. The fourth-order valence-electron chi connectivity index (χ4n) is 6.31. The Morgan fingerprint density at radius 2 is 1.85 bits per heavy atom. The number of nitrogens with zero attached hydrogens (tertiary/aromatic N) is 3. The Kier molecular flexibility index (Phi) is 12.3. The summed E-state index contributed by atoms with van der Waals surface area (Å²) in [5.41, 5.74) is -0.893. The summed E-state index contributed by atoms with van der Waals surface area (Å²) in [6.45, 7) is 11.9. The van der Waals surface area contributed by atoms with E-state index < -0.39 is 36.0 Å². The van der Waals surface area contributed by atoms with Crippen LogP contribution in [0.25, 0.3) is 0 Å². The summed E-state index contributed by atoms with van der Waals surface area (Å²) in [4.78, 5) is 44.1. The minimum absolute atomic E-state index is 0.0477. The first-order valence-electron chi connectivity index (χ1n) is 16.6. The first-order valence-corrected chi connectivity index (χ1v) is 16.6. The van der Waals surface area contributed by atoms with Crippen LogP contribution >= 0.6 is 0 Å². The second-order valence-electron chi connectivity index (χ2n) is 13.8. The molecule has 0 aromatic heterocycles. The van der Waals surface area contributed by atoms with Crippen LogP contribution in [0, 0.1) is 11.8 Å². The highest BCUT2D eigenvalue weighted by molar-refractivity contribution is 5.71. The third-order valence-electron chi connectivity index (χ3n) is 9.59. The average molecular weight is 648 g/mol. The number of likely N-dealkylation sites (tertiary alicyclic amines) is 1. The predicted octanol–water partition coefficient (Wildman–Crippen LogP) is 3.28. The Labute approximate surface area is 272 Å². The quantitative estimate of drug-likeness (QED) is 0.191. The molecule has 1 spiro atoms. The van der Waals surface area contributed by atoms with Crippen LogP contribution in [0.5, 0.6) is 0 Å². The maximum absolute atomic E-state index is 13.0. The zero-order valence-electron chi connectivity index (χ0n) is 28.1. The highest BCUT2D eigenvalue weighted by atomic mass is 16.6. The second kappa shape index (κ2) is 15.8. The smallest absolute Gasteiger partial charge is 0.410 e. The summed E-state index contributed by atoms with van der Waals surface area (Å²) < 4.78 is 22.7. The van der Waals surface area contributed by atoms with Gasteiger partial charge in [-0.1, -0.05) is 38.2 Å². The lowest BCUT2D eigenvalue weighted by Crippen LogP contribution is -2.60. The van der Waals surface area contributed by atoms with Crippen molar-refractivity contribution in [2.75, 3.05) is 59.6 Å². The fraction of sp³-hybridized carbons (Fsp3) is 0.735. The molecule has 258 valence electrons. The zero-order valence-corrected chi connectivity index (χ0v) is 28.1. The summed E-state index contributed by atoms with van der Waals surface area (Å²) in [5.74, 6) is -0.925. The van der Waals surface area contributed by atoms with Crippen LogP contribution in [-0.4, -0.2) is 132 Å². The molecule has 0 aromatic rings. The molecule has 0 saturated carbocycles. The fourth-order valence-corrected chi connectivity index (χ4v) is 6.31. The number of carbonyl (C=O) groups is 3. The first kappa shape index (κ1) is 35.9. The molecular weight excluding hydrogens is 594 g/mol. The molecule has 0 radical (unpaired) electrons. The van der Waals surface area contributed by atoms with Gasteiger partial charge in [0.2, 0.25) is 0 Å². The summed E-state index contributed by atoms with van der Waals surface area (Å²) in [6, 6.07) is 0. The van der Waals surface area contributed by atoms with E-state index in [2.05, 4.69) is 4.90 Å². The molecule has 0 unspecified atom stereocenters. The Balaban J connectivity index is 1.41. The van der Waals surface area contributed by atoms with Gasteiger partial charge in [0.15, 0.2) is 6.10 Å². The summed E-state index contributed by atoms with van der Waals surface area (Å²) in [6.07, 6.45) is 7.57. The van der Waals surface area contributed by atoms with Crippen molar-refractivity contribution in [2.45, 2.75) is 89.3 Å². The van der Waals surface area contributed by atoms with Crippen molar-refractivity contribution in [1.82, 2.24) is 14.7 Å². The monoisotopic (exact) mass is 647 g/mol. The van der Waals surface area contributed by atoms with Gasteiger partial charge in [-0.15, -0.1) is 0 Å². The van der Waals surface area contributed by atoms with Gasteiger partial charge in [0, 0.05) is 44.6 Å². The van der Waals surface area contributed by atoms with E-state index in [9.17, 15) is 24.6 Å². The van der Waals surface area contributed by atoms with E-state index in [1.165, 1.54) is 0 Å². The number of piperazine rings is 1. The number of rotatable bonds is 6. The van der Waals surface area contributed by atoms with Gasteiger partial charge >= 0.3 is 18.2 Å². The Hall–Kier alpha value is -2.93. The largest absolute Gasteiger partial charge is 0.457 e. The molecule has 4 aliphatic heterocycles. The molecule has 4 heterocycles. The molecule has 3 saturated heterocycles. The van der Waals surface area contributed by atoms with Crippen LogP contribution < -0.4 is 0 Å². The van der Waals surface area contributed by atoms with E-state index in [-0.39, 0.29) is 49.3 Å². The number of ether oxygens (including phenoxy) is 4. The Morgan fingerprint density at radius 3 is 2.52 bits per heavy atom. The summed E-state index contributed by atoms with van der Waals surface area (Å²) in [5, 5.41) is 21.9. The number of allylic oxidation sites excluding steroid dienone is 2. The topological polar surface area (TPSA) is 138 Å². The van der Waals surface area contributed by atoms with Crippen molar-refractivity contribution >= 4 is 18.2 Å². The molecule has 0 aromatic carbocycles. The number of esters is 1. The molecule has 46 heavy (non-hydrogen) atoms. The van der Waals surface area contributed by atoms with Gasteiger partial charge in [-0.05, 0) is 58.2 Å². The highest BCUT2D eigenvalue weighted by Crippen LogP contribution is 2.36. The molecule has 2 N–H and O–H groups in total. The minimum atomic E-state index is -1.47. The van der Waals surface area contributed by atoms with Crippen LogP contribution in [-0.2, 0) is 23.7 Å². The van der Waals surface area contributed by atoms with Crippen molar-refractivity contribution in [3.63, 3.8) is 0 Å². The molecule has 12 heteroatoms. The van der Waals surface area contributed by atoms with E-state index >= 15 is 0 Å². The lowest BCUT2D eigenvalue weighted by Gasteiger charge is -2.44. The number of carbonyl (C=O) groups excluding carboxylic acids is 3. The number of likely N-dealkylation sites (N-methyl/N-ethyl adjacent to an activating group) is 1. The standard InChI is InChI=1S/C34H53N3O9/c1-24(21-44-32(41)37-15-7-13-34(37)22-43-23-34)8-6-9-25(2)30-26(3)10-11-28(45-31(40)36-18-16-35(5)17-19-36)33(4,42)14-12-27(38)20-29(39)46-30/h6,8-11,24,26-28,30,38,42H,7,12-23H2,1-5H3/b8-6+,11-10-,25-9+/t24-,26+,27+,28+,30-,33+/m1/s1. The van der Waals surface area contributed by atoms with E-state index in [0.717, 1.165) is 31.5 Å². The number of cyclic esters (lactones) is 1.